The third-order valence-electron chi connectivity index (χ3n) is 5.01. The number of carbonyl (C=O) groups excluding carboxylic acids is 1. The molecule has 0 aliphatic heterocycles. The van der Waals surface area contributed by atoms with Crippen LogP contribution in [0.3, 0.4) is 0 Å². The fourth-order valence-corrected chi connectivity index (χ4v) is 3.66. The normalized spacial score (nSPS) is 15.9. The van der Waals surface area contributed by atoms with Gasteiger partial charge >= 0.3 is 25.0 Å². The van der Waals surface area contributed by atoms with Gasteiger partial charge in [0.05, 0.1) is 0 Å². The number of nitrogens with zero attached hydrogens (tertiary/aromatic N) is 1. The molecule has 1 unspecified atom stereocenters. The minimum absolute atomic E-state index is 0. The second-order valence-electron chi connectivity index (χ2n) is 9.36. The van der Waals surface area contributed by atoms with Gasteiger partial charge < -0.3 is 25.0 Å². The Labute approximate surface area is 204 Å². The van der Waals surface area contributed by atoms with Crippen molar-refractivity contribution in [3.63, 3.8) is 0 Å². The Bertz CT molecular complexity index is 769. The van der Waals surface area contributed by atoms with Crippen LogP contribution in [0.25, 0.3) is 0 Å². The van der Waals surface area contributed by atoms with E-state index in [0.717, 1.165) is 5.56 Å². The van der Waals surface area contributed by atoms with Crippen LogP contribution in [-0.2, 0) is 15.9 Å². The molecule has 0 bridgehead atoms. The summed E-state index contributed by atoms with van der Waals surface area (Å²) in [5, 5.41) is 17.4. The van der Waals surface area contributed by atoms with Gasteiger partial charge in [-0.3, -0.25) is 4.57 Å². The number of hydrogen-bond donors (Lipinski definition) is 3. The first-order chi connectivity index (χ1) is 14.3. The van der Waals surface area contributed by atoms with Crippen LogP contribution in [-0.4, -0.2) is 35.8 Å². The minimum Gasteiger partial charge on any atom is -0.861 e. The van der Waals surface area contributed by atoms with Crippen molar-refractivity contribution < 1.29 is 43.0 Å². The Kier molecular flexibility index (Phi) is 13.5. The number of ether oxygens (including phenoxy) is 1. The molecule has 0 heterocycles. The number of alkyl carbamates (subject to hydrolysis) is 1. The van der Waals surface area contributed by atoms with E-state index in [0.29, 0.717) is 13.0 Å². The van der Waals surface area contributed by atoms with Crippen LogP contribution in [0, 0.1) is 17.3 Å². The summed E-state index contributed by atoms with van der Waals surface area (Å²) in [5.41, 5.74) is 0.803. The number of benzene rings is 1. The molecule has 1 rings (SSSR count). The van der Waals surface area contributed by atoms with Crippen molar-refractivity contribution in [2.24, 2.45) is 22.2 Å². The summed E-state index contributed by atoms with van der Waals surface area (Å²) in [6.45, 7) is 12.5. The molecule has 1 aromatic carbocycles. The predicted octanol–water partition coefficient (Wildman–Crippen LogP) is 0.505. The molecule has 3 atom stereocenters. The molecule has 0 fully saturated rings. The van der Waals surface area contributed by atoms with Crippen molar-refractivity contribution in [2.45, 2.75) is 60.6 Å². The maximum Gasteiger partial charge on any atom is 1.00 e. The van der Waals surface area contributed by atoms with Gasteiger partial charge in [-0.2, -0.15) is 0 Å². The zero-order valence-corrected chi connectivity index (χ0v) is 21.3. The van der Waals surface area contributed by atoms with Crippen molar-refractivity contribution in [1.82, 2.24) is 10.4 Å². The molecule has 0 saturated heterocycles. The van der Waals surface area contributed by atoms with Gasteiger partial charge in [0.2, 0.25) is 0 Å². The molecule has 0 aliphatic carbocycles. The van der Waals surface area contributed by atoms with Gasteiger partial charge in [-0.1, -0.05) is 71.9 Å². The van der Waals surface area contributed by atoms with Crippen LogP contribution >= 0.6 is 7.52 Å². The number of aliphatic imine (C=N–C) groups is 1. The average molecular weight is 461 g/mol. The van der Waals surface area contributed by atoms with E-state index in [2.05, 4.69) is 36.2 Å². The van der Waals surface area contributed by atoms with Gasteiger partial charge in [-0.15, -0.1) is 0 Å². The monoisotopic (exact) mass is 461 g/mol. The van der Waals surface area contributed by atoms with Crippen LogP contribution in [0.4, 0.5) is 4.79 Å². The molecule has 0 radical (unpaired) electrons. The van der Waals surface area contributed by atoms with E-state index in [1.54, 1.807) is 12.1 Å². The van der Waals surface area contributed by atoms with E-state index in [-0.39, 0.29) is 42.7 Å². The Morgan fingerprint density at radius 1 is 1.22 bits per heavy atom. The van der Waals surface area contributed by atoms with Gasteiger partial charge in [-0.25, -0.2) is 9.88 Å². The largest absolute Gasteiger partial charge is 1.00 e. The van der Waals surface area contributed by atoms with E-state index in [9.17, 15) is 19.4 Å². The van der Waals surface area contributed by atoms with Crippen LogP contribution < -0.4 is 34.4 Å². The summed E-state index contributed by atoms with van der Waals surface area (Å²) in [6, 6.07) is 8.20. The summed E-state index contributed by atoms with van der Waals surface area (Å²) in [5.74, 6) is -0.163. The Hall–Kier alpha value is -1.29. The fraction of sp³-hybridized carbons (Fsp3) is 0.636. The summed E-state index contributed by atoms with van der Waals surface area (Å²) < 4.78 is 17.6. The van der Waals surface area contributed by atoms with Crippen molar-refractivity contribution >= 4 is 19.5 Å². The maximum absolute atomic E-state index is 12.6. The van der Waals surface area contributed by atoms with Crippen molar-refractivity contribution in [3.05, 3.63) is 35.9 Å². The summed E-state index contributed by atoms with van der Waals surface area (Å²) in [7, 11) is -4.03. The number of hydrogen-bond acceptors (Lipinski definition) is 5. The quantitative estimate of drug-likeness (QED) is 0.191. The zero-order chi connectivity index (χ0) is 23.7. The van der Waals surface area contributed by atoms with E-state index in [4.69, 9.17) is 4.74 Å². The van der Waals surface area contributed by atoms with Crippen LogP contribution in [0.2, 0.25) is 0 Å². The molecular formula is C22H37LiN3O5P. The fourth-order valence-electron chi connectivity index (χ4n) is 2.53. The molecule has 0 aliphatic rings. The second kappa shape index (κ2) is 14.1. The first-order valence-electron chi connectivity index (χ1n) is 10.6. The summed E-state index contributed by atoms with van der Waals surface area (Å²) in [6.07, 6.45) is -1.01. The SMILES string of the molecule is CC(C)C[C@H](NP(=O)(O)CNC(=O)OCc1ccccc1)C([O-])=NC[C@@H](C)C(C)(C)C.[Li+]. The molecule has 32 heavy (non-hydrogen) atoms. The van der Waals surface area contributed by atoms with Gasteiger partial charge in [0.15, 0.2) is 0 Å². The third-order valence-corrected chi connectivity index (χ3v) is 6.31. The molecule has 176 valence electrons. The van der Waals surface area contributed by atoms with Gasteiger partial charge in [0, 0.05) is 12.6 Å². The second-order valence-corrected chi connectivity index (χ2v) is 11.3. The molecule has 0 saturated carbocycles. The van der Waals surface area contributed by atoms with E-state index in [1.165, 1.54) is 0 Å². The molecule has 3 N–H and O–H groups in total. The van der Waals surface area contributed by atoms with Gasteiger partial charge in [0.25, 0.3) is 7.52 Å². The maximum atomic E-state index is 12.6. The molecule has 1 amide bonds. The smallest absolute Gasteiger partial charge is 0.861 e. The van der Waals surface area contributed by atoms with E-state index in [1.807, 2.05) is 39.0 Å². The zero-order valence-electron chi connectivity index (χ0n) is 20.4. The molecular weight excluding hydrogens is 424 g/mol. The Morgan fingerprint density at radius 2 is 1.81 bits per heavy atom. The average Bonchev–Trinajstić information content (AvgIpc) is 2.67. The van der Waals surface area contributed by atoms with Crippen molar-refractivity contribution in [2.75, 3.05) is 12.8 Å². The third kappa shape index (κ3) is 12.7. The number of amides is 1. The molecule has 0 aromatic heterocycles. The van der Waals surface area contributed by atoms with Gasteiger partial charge in [0.1, 0.15) is 12.9 Å². The predicted molar refractivity (Wildman–Crippen MR) is 122 cm³/mol. The molecule has 0 spiro atoms. The molecule has 10 heteroatoms. The number of rotatable bonds is 11. The summed E-state index contributed by atoms with van der Waals surface area (Å²) >= 11 is 0. The minimum atomic E-state index is -4.03. The Morgan fingerprint density at radius 3 is 2.34 bits per heavy atom. The topological polar surface area (TPSA) is 123 Å². The van der Waals surface area contributed by atoms with Crippen molar-refractivity contribution in [1.29, 1.82) is 0 Å². The molecule has 1 aromatic rings. The molecule has 8 nitrogen and oxygen atoms in total. The van der Waals surface area contributed by atoms with Crippen LogP contribution in [0.5, 0.6) is 0 Å². The standard InChI is InChI=1S/C22H38N3O5P.Li/c1-16(2)12-19(20(26)23-13-17(3)22(4,5)6)25-31(28,29)15-24-21(27)30-14-18-10-8-7-9-11-18;/h7-11,16-17,19H,12-15H2,1-6H3,(H,23,26)(H,24,27)(H2,25,28,29);/q;+1/p-1/t17-,19+;/m1./s1. The van der Waals surface area contributed by atoms with Gasteiger partial charge in [-0.05, 0) is 35.1 Å². The number of nitrogens with one attached hydrogen (secondary N) is 2. The van der Waals surface area contributed by atoms with E-state index >= 15 is 0 Å². The van der Waals surface area contributed by atoms with Crippen LogP contribution in [0.1, 0.15) is 53.5 Å². The van der Waals surface area contributed by atoms with Crippen molar-refractivity contribution in [3.8, 4) is 0 Å². The Balaban J connectivity index is 0.00000961. The first kappa shape index (κ1) is 30.7. The first-order valence-corrected chi connectivity index (χ1v) is 12.4. The van der Waals surface area contributed by atoms with Crippen LogP contribution in [0.15, 0.2) is 35.3 Å². The number of carbonyl (C=O) groups is 1. The van der Waals surface area contributed by atoms with E-state index < -0.39 is 31.8 Å². The summed E-state index contributed by atoms with van der Waals surface area (Å²) in [4.78, 5) is 26.3.